The van der Waals surface area contributed by atoms with Gasteiger partial charge >= 0.3 is 0 Å². The predicted octanol–water partition coefficient (Wildman–Crippen LogP) is 5.58. The quantitative estimate of drug-likeness (QED) is 0.515. The average Bonchev–Trinajstić information content (AvgIpc) is 2.71. The summed E-state index contributed by atoms with van der Waals surface area (Å²) < 4.78 is 5.28. The predicted molar refractivity (Wildman–Crippen MR) is 116 cm³/mol. The van der Waals surface area contributed by atoms with E-state index in [-0.39, 0.29) is 0 Å². The summed E-state index contributed by atoms with van der Waals surface area (Å²) in [6.45, 7) is 8.30. The van der Waals surface area contributed by atoms with E-state index >= 15 is 0 Å². The zero-order chi connectivity index (χ0) is 19.9. The number of methoxy groups -OCH3 is 1. The van der Waals surface area contributed by atoms with Crippen LogP contribution in [0.1, 0.15) is 36.5 Å². The van der Waals surface area contributed by atoms with Crippen LogP contribution in [0.5, 0.6) is 5.75 Å². The molecule has 0 spiro atoms. The number of benzene rings is 2. The van der Waals surface area contributed by atoms with Crippen LogP contribution in [-0.4, -0.2) is 23.6 Å². The first-order valence-corrected chi connectivity index (χ1v) is 9.89. The Kier molecular flexibility index (Phi) is 6.64. The number of hydrogen-bond donors (Lipinski definition) is 0. The lowest BCUT2D eigenvalue weighted by Crippen LogP contribution is -2.26. The SMILES string of the molecule is CCCCN(Cc1cccc(C)c1)c1ncnc(-c2ccc(OC)cc2)c1C. The van der Waals surface area contributed by atoms with Crippen molar-refractivity contribution in [2.24, 2.45) is 0 Å². The molecular weight excluding hydrogens is 346 g/mol. The fourth-order valence-electron chi connectivity index (χ4n) is 3.44. The third-order valence-corrected chi connectivity index (χ3v) is 4.96. The van der Waals surface area contributed by atoms with Gasteiger partial charge in [-0.3, -0.25) is 0 Å². The van der Waals surface area contributed by atoms with Gasteiger partial charge in [-0.25, -0.2) is 9.97 Å². The molecule has 1 aromatic heterocycles. The van der Waals surface area contributed by atoms with Crippen molar-refractivity contribution in [2.45, 2.75) is 40.2 Å². The average molecular weight is 376 g/mol. The van der Waals surface area contributed by atoms with Crippen molar-refractivity contribution in [2.75, 3.05) is 18.6 Å². The molecule has 0 saturated heterocycles. The Labute approximate surface area is 168 Å². The Balaban J connectivity index is 1.95. The van der Waals surface area contributed by atoms with Crippen LogP contribution in [0.15, 0.2) is 54.9 Å². The molecule has 28 heavy (non-hydrogen) atoms. The zero-order valence-electron chi connectivity index (χ0n) is 17.3. The standard InChI is InChI=1S/C24H29N3O/c1-5-6-14-27(16-20-9-7-8-18(2)15-20)24-19(3)23(25-17-26-24)21-10-12-22(28-4)13-11-21/h7-13,15,17H,5-6,14,16H2,1-4H3. The molecular formula is C24H29N3O. The summed E-state index contributed by atoms with van der Waals surface area (Å²) >= 11 is 0. The Hall–Kier alpha value is -2.88. The van der Waals surface area contributed by atoms with Crippen LogP contribution < -0.4 is 9.64 Å². The van der Waals surface area contributed by atoms with Crippen molar-refractivity contribution in [1.82, 2.24) is 9.97 Å². The van der Waals surface area contributed by atoms with E-state index in [9.17, 15) is 0 Å². The normalized spacial score (nSPS) is 10.7. The maximum absolute atomic E-state index is 5.28. The first-order valence-electron chi connectivity index (χ1n) is 9.89. The van der Waals surface area contributed by atoms with Crippen LogP contribution in [0.3, 0.4) is 0 Å². The fraction of sp³-hybridized carbons (Fsp3) is 0.333. The van der Waals surface area contributed by atoms with Gasteiger partial charge in [0.1, 0.15) is 17.9 Å². The van der Waals surface area contributed by atoms with Crippen molar-refractivity contribution < 1.29 is 4.74 Å². The van der Waals surface area contributed by atoms with Gasteiger partial charge in [0.25, 0.3) is 0 Å². The highest BCUT2D eigenvalue weighted by atomic mass is 16.5. The van der Waals surface area contributed by atoms with E-state index in [4.69, 9.17) is 4.74 Å². The Morgan fingerprint density at radius 2 is 1.79 bits per heavy atom. The number of anilines is 1. The lowest BCUT2D eigenvalue weighted by atomic mass is 10.1. The lowest BCUT2D eigenvalue weighted by molar-refractivity contribution is 0.415. The molecule has 0 N–H and O–H groups in total. The highest BCUT2D eigenvalue weighted by Crippen LogP contribution is 2.29. The number of hydrogen-bond acceptors (Lipinski definition) is 4. The number of nitrogens with zero attached hydrogens (tertiary/aromatic N) is 3. The van der Waals surface area contributed by atoms with Crippen LogP contribution >= 0.6 is 0 Å². The van der Waals surface area contributed by atoms with Crippen LogP contribution in [0, 0.1) is 13.8 Å². The van der Waals surface area contributed by atoms with E-state index in [1.54, 1.807) is 13.4 Å². The molecule has 146 valence electrons. The molecule has 0 radical (unpaired) electrons. The summed E-state index contributed by atoms with van der Waals surface area (Å²) in [6, 6.07) is 16.7. The highest BCUT2D eigenvalue weighted by Gasteiger charge is 2.16. The summed E-state index contributed by atoms with van der Waals surface area (Å²) in [6.07, 6.45) is 3.96. The number of rotatable bonds is 8. The fourth-order valence-corrected chi connectivity index (χ4v) is 3.44. The van der Waals surface area contributed by atoms with E-state index in [1.165, 1.54) is 11.1 Å². The first-order chi connectivity index (χ1) is 13.6. The van der Waals surface area contributed by atoms with E-state index in [1.807, 2.05) is 12.1 Å². The van der Waals surface area contributed by atoms with Gasteiger partial charge in [0.05, 0.1) is 12.8 Å². The van der Waals surface area contributed by atoms with Gasteiger partial charge in [0.2, 0.25) is 0 Å². The minimum absolute atomic E-state index is 0.847. The van der Waals surface area contributed by atoms with E-state index in [2.05, 4.69) is 72.0 Å². The zero-order valence-corrected chi connectivity index (χ0v) is 17.3. The first kappa shape index (κ1) is 19.9. The van der Waals surface area contributed by atoms with Crippen molar-refractivity contribution in [3.8, 4) is 17.0 Å². The van der Waals surface area contributed by atoms with E-state index < -0.39 is 0 Å². The molecule has 0 amide bonds. The second-order valence-electron chi connectivity index (χ2n) is 7.16. The molecule has 3 rings (SSSR count). The number of aryl methyl sites for hydroxylation is 1. The summed E-state index contributed by atoms with van der Waals surface area (Å²) in [4.78, 5) is 11.6. The molecule has 4 heteroatoms. The molecule has 0 aliphatic carbocycles. The monoisotopic (exact) mass is 375 g/mol. The van der Waals surface area contributed by atoms with Crippen molar-refractivity contribution in [3.05, 3.63) is 71.5 Å². The van der Waals surface area contributed by atoms with Crippen molar-refractivity contribution >= 4 is 5.82 Å². The maximum Gasteiger partial charge on any atom is 0.135 e. The molecule has 4 nitrogen and oxygen atoms in total. The molecule has 0 aliphatic rings. The van der Waals surface area contributed by atoms with Gasteiger partial charge in [-0.1, -0.05) is 43.2 Å². The molecule has 0 aliphatic heterocycles. The molecule has 0 fully saturated rings. The molecule has 0 atom stereocenters. The number of aromatic nitrogens is 2. The van der Waals surface area contributed by atoms with Crippen molar-refractivity contribution in [1.29, 1.82) is 0 Å². The highest BCUT2D eigenvalue weighted by molar-refractivity contribution is 5.68. The summed E-state index contributed by atoms with van der Waals surface area (Å²) in [5.74, 6) is 1.86. The minimum atomic E-state index is 0.847. The third-order valence-electron chi connectivity index (χ3n) is 4.96. The van der Waals surface area contributed by atoms with Gasteiger partial charge in [-0.2, -0.15) is 0 Å². The number of unbranched alkanes of at least 4 members (excludes halogenated alkanes) is 1. The van der Waals surface area contributed by atoms with Gasteiger partial charge in [-0.05, 0) is 50.1 Å². The third kappa shape index (κ3) is 4.69. The Morgan fingerprint density at radius 1 is 1.00 bits per heavy atom. The molecule has 2 aromatic carbocycles. The molecule has 0 bridgehead atoms. The lowest BCUT2D eigenvalue weighted by Gasteiger charge is -2.26. The molecule has 0 saturated carbocycles. The molecule has 0 unspecified atom stereocenters. The molecule has 1 heterocycles. The largest absolute Gasteiger partial charge is 0.497 e. The van der Waals surface area contributed by atoms with Crippen LogP contribution in [0.25, 0.3) is 11.3 Å². The number of ether oxygens (including phenoxy) is 1. The maximum atomic E-state index is 5.28. The van der Waals surface area contributed by atoms with E-state index in [0.717, 1.165) is 54.3 Å². The molecule has 3 aromatic rings. The van der Waals surface area contributed by atoms with Crippen LogP contribution in [0.4, 0.5) is 5.82 Å². The summed E-state index contributed by atoms with van der Waals surface area (Å²) in [5, 5.41) is 0. The van der Waals surface area contributed by atoms with Crippen molar-refractivity contribution in [3.63, 3.8) is 0 Å². The Bertz CT molecular complexity index is 906. The minimum Gasteiger partial charge on any atom is -0.497 e. The smallest absolute Gasteiger partial charge is 0.135 e. The topological polar surface area (TPSA) is 38.2 Å². The van der Waals surface area contributed by atoms with Crippen LogP contribution in [0.2, 0.25) is 0 Å². The Morgan fingerprint density at radius 3 is 2.46 bits per heavy atom. The summed E-state index contributed by atoms with van der Waals surface area (Å²) in [7, 11) is 1.68. The van der Waals surface area contributed by atoms with Crippen LogP contribution in [-0.2, 0) is 6.54 Å². The second-order valence-corrected chi connectivity index (χ2v) is 7.16. The van der Waals surface area contributed by atoms with E-state index in [0.29, 0.717) is 0 Å². The van der Waals surface area contributed by atoms with Gasteiger partial charge in [0, 0.05) is 24.2 Å². The van der Waals surface area contributed by atoms with Gasteiger partial charge < -0.3 is 9.64 Å². The van der Waals surface area contributed by atoms with Gasteiger partial charge in [-0.15, -0.1) is 0 Å². The van der Waals surface area contributed by atoms with Gasteiger partial charge in [0.15, 0.2) is 0 Å². The summed E-state index contributed by atoms with van der Waals surface area (Å²) in [5.41, 5.74) is 5.74. The second kappa shape index (κ2) is 9.36.